The van der Waals surface area contributed by atoms with Crippen LogP contribution < -0.4 is 11.0 Å². The third-order valence-corrected chi connectivity index (χ3v) is 6.37. The number of benzene rings is 1. The fourth-order valence-electron chi connectivity index (χ4n) is 3.86. The number of nitrogens with one attached hydrogen (secondary N) is 1. The monoisotopic (exact) mass is 424 g/mol. The van der Waals surface area contributed by atoms with Gasteiger partial charge in [-0.1, -0.05) is 43.2 Å². The highest BCUT2D eigenvalue weighted by Gasteiger charge is 2.20. The van der Waals surface area contributed by atoms with Crippen molar-refractivity contribution in [3.05, 3.63) is 51.9 Å². The number of fused-ring (bicyclic) bond motifs is 1. The van der Waals surface area contributed by atoms with Gasteiger partial charge in [0.05, 0.1) is 5.39 Å². The summed E-state index contributed by atoms with van der Waals surface area (Å²) < 4.78 is 1.12. The van der Waals surface area contributed by atoms with Crippen molar-refractivity contribution >= 4 is 33.4 Å². The van der Waals surface area contributed by atoms with Gasteiger partial charge in [0.25, 0.3) is 11.5 Å². The third kappa shape index (κ3) is 4.14. The van der Waals surface area contributed by atoms with Crippen molar-refractivity contribution in [3.8, 4) is 11.1 Å². The highest BCUT2D eigenvalue weighted by Crippen LogP contribution is 2.35. The largest absolute Gasteiger partial charge is 0.333 e. The fourth-order valence-corrected chi connectivity index (χ4v) is 4.86. The Morgan fingerprint density at radius 3 is 2.70 bits per heavy atom. The first-order valence-corrected chi connectivity index (χ1v) is 11.0. The van der Waals surface area contributed by atoms with Crippen LogP contribution in [-0.2, 0) is 9.59 Å². The predicted octanol–water partition coefficient (Wildman–Crippen LogP) is 3.30. The second-order valence-corrected chi connectivity index (χ2v) is 8.72. The Bertz CT molecular complexity index is 1140. The lowest BCUT2D eigenvalue weighted by atomic mass is 10.0. The minimum Gasteiger partial charge on any atom is -0.333 e. The molecule has 2 aromatic heterocycles. The van der Waals surface area contributed by atoms with Gasteiger partial charge in [0.1, 0.15) is 17.7 Å². The van der Waals surface area contributed by atoms with E-state index < -0.39 is 5.91 Å². The number of hydrogen-bond donors (Lipinski definition) is 1. The maximum absolute atomic E-state index is 13.2. The fraction of sp³-hybridized carbons (Fsp3) is 0.364. The Kier molecular flexibility index (Phi) is 5.94. The number of nitrogens with zero attached hydrogens (tertiary/aromatic N) is 3. The average molecular weight is 425 g/mol. The summed E-state index contributed by atoms with van der Waals surface area (Å²) in [5.41, 5.74) is 4.07. The Morgan fingerprint density at radius 1 is 1.13 bits per heavy atom. The van der Waals surface area contributed by atoms with Crippen LogP contribution >= 0.6 is 11.3 Å². The van der Waals surface area contributed by atoms with Gasteiger partial charge in [-0.25, -0.2) is 9.66 Å². The zero-order valence-corrected chi connectivity index (χ0v) is 17.7. The van der Waals surface area contributed by atoms with Crippen LogP contribution in [0, 0.1) is 6.92 Å². The van der Waals surface area contributed by atoms with E-state index in [1.165, 1.54) is 17.7 Å². The van der Waals surface area contributed by atoms with Gasteiger partial charge in [-0.15, -0.1) is 11.3 Å². The van der Waals surface area contributed by atoms with E-state index in [0.29, 0.717) is 23.2 Å². The summed E-state index contributed by atoms with van der Waals surface area (Å²) >= 11 is 1.46. The Balaban J connectivity index is 1.60. The molecular weight excluding hydrogens is 400 g/mol. The molecule has 1 aliphatic rings. The van der Waals surface area contributed by atoms with Crippen molar-refractivity contribution < 1.29 is 9.59 Å². The number of carbonyl (C=O) groups is 2. The van der Waals surface area contributed by atoms with Gasteiger partial charge in [0.2, 0.25) is 5.91 Å². The summed E-state index contributed by atoms with van der Waals surface area (Å²) in [4.78, 5) is 45.6. The van der Waals surface area contributed by atoms with E-state index in [1.807, 2.05) is 37.3 Å². The van der Waals surface area contributed by atoms with E-state index in [0.717, 1.165) is 46.4 Å². The standard InChI is InChI=1S/C22H24N4O3S/c1-15-19(16-9-5-4-6-10-16)20-21(30-15)23-14-26(22(20)29)24-17(27)13-25-12-8-3-2-7-11-18(25)28/h4-6,9-10,14H,2-3,7-8,11-13H2,1H3,(H,24,27). The maximum atomic E-state index is 13.2. The summed E-state index contributed by atoms with van der Waals surface area (Å²) in [5, 5.41) is 0.494. The quantitative estimate of drug-likeness (QED) is 0.697. The molecule has 7 nitrogen and oxygen atoms in total. The molecule has 1 N–H and O–H groups in total. The second kappa shape index (κ2) is 8.79. The molecule has 1 aromatic carbocycles. The SMILES string of the molecule is Cc1sc2ncn(NC(=O)CN3CCCCCCC3=O)c(=O)c2c1-c1ccccc1. The zero-order valence-electron chi connectivity index (χ0n) is 16.9. The molecule has 4 rings (SSSR count). The van der Waals surface area contributed by atoms with Gasteiger partial charge in [0, 0.05) is 23.4 Å². The van der Waals surface area contributed by atoms with Gasteiger partial charge in [-0.05, 0) is 25.3 Å². The van der Waals surface area contributed by atoms with Crippen LogP contribution in [0.3, 0.4) is 0 Å². The normalized spacial score (nSPS) is 15.1. The van der Waals surface area contributed by atoms with E-state index in [4.69, 9.17) is 0 Å². The van der Waals surface area contributed by atoms with Crippen molar-refractivity contribution in [3.63, 3.8) is 0 Å². The molecule has 1 aliphatic heterocycles. The van der Waals surface area contributed by atoms with Crippen LogP contribution in [-0.4, -0.2) is 39.5 Å². The number of amides is 2. The van der Waals surface area contributed by atoms with E-state index in [1.54, 1.807) is 4.90 Å². The summed E-state index contributed by atoms with van der Waals surface area (Å²) in [5.74, 6) is -0.411. The Labute approximate surface area is 178 Å². The highest BCUT2D eigenvalue weighted by atomic mass is 32.1. The first-order valence-electron chi connectivity index (χ1n) is 10.2. The van der Waals surface area contributed by atoms with E-state index in [-0.39, 0.29) is 18.0 Å². The van der Waals surface area contributed by atoms with Gasteiger partial charge < -0.3 is 4.90 Å². The van der Waals surface area contributed by atoms with Crippen molar-refractivity contribution in [2.24, 2.45) is 0 Å². The van der Waals surface area contributed by atoms with Crippen molar-refractivity contribution in [1.29, 1.82) is 0 Å². The number of aryl methyl sites for hydroxylation is 1. The minimum atomic E-state index is -0.402. The molecule has 0 bridgehead atoms. The molecule has 8 heteroatoms. The first-order chi connectivity index (χ1) is 14.5. The molecule has 30 heavy (non-hydrogen) atoms. The highest BCUT2D eigenvalue weighted by molar-refractivity contribution is 7.19. The number of carbonyl (C=O) groups excluding carboxylic acids is 2. The Hall–Kier alpha value is -3.00. The molecule has 1 saturated heterocycles. The topological polar surface area (TPSA) is 84.3 Å². The van der Waals surface area contributed by atoms with Crippen LogP contribution in [0.25, 0.3) is 21.3 Å². The van der Waals surface area contributed by atoms with Crippen molar-refractivity contribution in [2.45, 2.75) is 39.0 Å². The molecule has 2 amide bonds. The van der Waals surface area contributed by atoms with Crippen LogP contribution in [0.5, 0.6) is 0 Å². The summed E-state index contributed by atoms with van der Waals surface area (Å²) in [6, 6.07) is 9.69. The van der Waals surface area contributed by atoms with Crippen LogP contribution in [0.4, 0.5) is 0 Å². The Morgan fingerprint density at radius 2 is 1.90 bits per heavy atom. The van der Waals surface area contributed by atoms with Crippen LogP contribution in [0.15, 0.2) is 41.5 Å². The third-order valence-electron chi connectivity index (χ3n) is 5.35. The lowest BCUT2D eigenvalue weighted by molar-refractivity contribution is -0.135. The lowest BCUT2D eigenvalue weighted by Gasteiger charge is -2.24. The smallest absolute Gasteiger partial charge is 0.281 e. The predicted molar refractivity (Wildman–Crippen MR) is 118 cm³/mol. The molecule has 0 saturated carbocycles. The van der Waals surface area contributed by atoms with E-state index in [2.05, 4.69) is 10.4 Å². The van der Waals surface area contributed by atoms with Crippen molar-refractivity contribution in [1.82, 2.24) is 14.6 Å². The molecule has 0 unspecified atom stereocenters. The molecule has 3 heterocycles. The van der Waals surface area contributed by atoms with Gasteiger partial charge in [-0.2, -0.15) is 0 Å². The zero-order chi connectivity index (χ0) is 21.1. The summed E-state index contributed by atoms with van der Waals surface area (Å²) in [6.45, 7) is 2.47. The molecular formula is C22H24N4O3S. The number of aromatic nitrogens is 2. The van der Waals surface area contributed by atoms with E-state index >= 15 is 0 Å². The van der Waals surface area contributed by atoms with Crippen LogP contribution in [0.2, 0.25) is 0 Å². The molecule has 0 radical (unpaired) electrons. The van der Waals surface area contributed by atoms with Crippen LogP contribution in [0.1, 0.15) is 37.0 Å². The summed E-state index contributed by atoms with van der Waals surface area (Å²) in [7, 11) is 0. The second-order valence-electron chi connectivity index (χ2n) is 7.51. The molecule has 0 spiro atoms. The molecule has 0 atom stereocenters. The number of likely N-dealkylation sites (tertiary alicyclic amines) is 1. The van der Waals surface area contributed by atoms with Gasteiger partial charge in [-0.3, -0.25) is 19.8 Å². The maximum Gasteiger partial charge on any atom is 0.281 e. The number of thiophene rings is 1. The van der Waals surface area contributed by atoms with Gasteiger partial charge >= 0.3 is 0 Å². The molecule has 1 fully saturated rings. The van der Waals surface area contributed by atoms with Gasteiger partial charge in [0.15, 0.2) is 0 Å². The average Bonchev–Trinajstić information content (AvgIpc) is 3.07. The number of hydrogen-bond acceptors (Lipinski definition) is 5. The minimum absolute atomic E-state index is 0.00871. The molecule has 156 valence electrons. The van der Waals surface area contributed by atoms with E-state index in [9.17, 15) is 14.4 Å². The first kappa shape index (κ1) is 20.3. The molecule has 3 aromatic rings. The summed E-state index contributed by atoms with van der Waals surface area (Å²) in [6.07, 6.45) is 5.66. The lowest BCUT2D eigenvalue weighted by Crippen LogP contribution is -2.43. The van der Waals surface area contributed by atoms with Crippen molar-refractivity contribution in [2.75, 3.05) is 18.5 Å². The molecule has 0 aliphatic carbocycles. The number of rotatable bonds is 4.